The molecule has 3 rings (SSSR count). The van der Waals surface area contributed by atoms with Crippen LogP contribution in [0.5, 0.6) is 0 Å². The molecular weight excluding hydrogens is 622 g/mol. The van der Waals surface area contributed by atoms with E-state index >= 15 is 0 Å². The lowest BCUT2D eigenvalue weighted by molar-refractivity contribution is -0.138. The summed E-state index contributed by atoms with van der Waals surface area (Å²) in [6, 6.07) is 1.98. The number of aliphatic hydroxyl groups excluding tert-OH is 2. The molecule has 0 fully saturated rings. The van der Waals surface area contributed by atoms with Gasteiger partial charge in [0.25, 0.3) is 5.70 Å². The smallest absolute Gasteiger partial charge is 0.348 e. The summed E-state index contributed by atoms with van der Waals surface area (Å²) in [5, 5.41) is 29.0. The fourth-order valence-corrected chi connectivity index (χ4v) is 6.38. The molecule has 3 heterocycles. The molecule has 262 valence electrons. The Morgan fingerprint density at radius 2 is 1.29 bits per heavy atom. The minimum atomic E-state index is -0.672. The van der Waals surface area contributed by atoms with Crippen molar-refractivity contribution >= 4 is 24.1 Å². The molecule has 0 aliphatic heterocycles. The number of carbonyl (C=O) groups is 2. The number of H-pyrrole nitrogens is 3. The molecule has 11 heteroatoms. The molecule has 0 amide bonds. The van der Waals surface area contributed by atoms with Gasteiger partial charge in [0.15, 0.2) is 0 Å². The molecule has 5 N–H and O–H groups in total. The van der Waals surface area contributed by atoms with E-state index in [0.717, 1.165) is 68.3 Å². The zero-order valence-corrected chi connectivity index (χ0v) is 29.6. The molecule has 0 unspecified atom stereocenters. The maximum absolute atomic E-state index is 12.4. The number of nitrogens with one attached hydrogen (secondary N) is 3. The highest BCUT2D eigenvalue weighted by Crippen LogP contribution is 2.31. The monoisotopic (exact) mass is 671 g/mol. The van der Waals surface area contributed by atoms with Crippen molar-refractivity contribution in [1.29, 1.82) is 5.26 Å². The number of carbonyl (C=O) groups excluding carboxylic acids is 2. The summed E-state index contributed by atoms with van der Waals surface area (Å²) in [5.74, 6) is -1.33. The van der Waals surface area contributed by atoms with Crippen LogP contribution in [0.1, 0.15) is 108 Å². The number of hydrogen-bond donors (Lipinski definition) is 5. The van der Waals surface area contributed by atoms with Crippen LogP contribution in [0.3, 0.4) is 0 Å². The summed E-state index contributed by atoms with van der Waals surface area (Å²) in [7, 11) is 0. The van der Waals surface area contributed by atoms with Crippen LogP contribution in [0.25, 0.3) is 17.0 Å². The molecule has 3 aromatic rings. The van der Waals surface area contributed by atoms with Crippen molar-refractivity contribution in [3.8, 4) is 6.07 Å². The molecule has 49 heavy (non-hydrogen) atoms. The molecule has 0 radical (unpaired) electrons. The van der Waals surface area contributed by atoms with Gasteiger partial charge in [0, 0.05) is 60.2 Å². The molecule has 0 saturated carbocycles. The molecular formula is C38H49N5O6. The maximum Gasteiger partial charge on any atom is 0.348 e. The first-order valence-corrected chi connectivity index (χ1v) is 17.0. The molecule has 3 aromatic heterocycles. The minimum Gasteiger partial charge on any atom is -0.471 e. The van der Waals surface area contributed by atoms with Crippen LogP contribution < -0.4 is 0 Å². The van der Waals surface area contributed by atoms with Gasteiger partial charge in [0.2, 0.25) is 0 Å². The summed E-state index contributed by atoms with van der Waals surface area (Å²) in [6.45, 7) is 19.5. The second-order valence-electron chi connectivity index (χ2n) is 11.7. The molecule has 0 aromatic carbocycles. The van der Waals surface area contributed by atoms with Crippen molar-refractivity contribution < 1.29 is 29.3 Å². The SMILES string of the molecule is [C-]#[N+]/C(=C\c1[nH]c(Cc2[nH]c(Cc3[nH]c(/C=C(\C#N)C(=O)OCC)c(CC)c3CC)c(CCCO)c2C)c(CCCO)c1C)C(=O)OCC. The average Bonchev–Trinajstić information content (AvgIpc) is 3.69. The lowest BCUT2D eigenvalue weighted by atomic mass is 9.97. The van der Waals surface area contributed by atoms with Crippen LogP contribution >= 0.6 is 0 Å². The quantitative estimate of drug-likeness (QED) is 0.0497. The van der Waals surface area contributed by atoms with Crippen LogP contribution in [0.4, 0.5) is 0 Å². The lowest BCUT2D eigenvalue weighted by Crippen LogP contribution is -2.06. The molecule has 11 nitrogen and oxygen atoms in total. The fourth-order valence-electron chi connectivity index (χ4n) is 6.38. The summed E-state index contributed by atoms with van der Waals surface area (Å²) in [4.78, 5) is 38.8. The Hall–Kier alpha value is -4.84. The van der Waals surface area contributed by atoms with Gasteiger partial charge in [0.1, 0.15) is 11.6 Å². The number of nitriles is 1. The summed E-state index contributed by atoms with van der Waals surface area (Å²) >= 11 is 0. The summed E-state index contributed by atoms with van der Waals surface area (Å²) in [6.07, 6.45) is 8.10. The Morgan fingerprint density at radius 1 is 0.755 bits per heavy atom. The van der Waals surface area contributed by atoms with E-state index in [0.29, 0.717) is 50.6 Å². The van der Waals surface area contributed by atoms with E-state index in [2.05, 4.69) is 33.6 Å². The van der Waals surface area contributed by atoms with Gasteiger partial charge >= 0.3 is 11.9 Å². The van der Waals surface area contributed by atoms with Gasteiger partial charge in [0.05, 0.1) is 19.8 Å². The van der Waals surface area contributed by atoms with Gasteiger partial charge < -0.3 is 34.6 Å². The first-order valence-electron chi connectivity index (χ1n) is 17.0. The largest absolute Gasteiger partial charge is 0.471 e. The highest BCUT2D eigenvalue weighted by Gasteiger charge is 2.23. The van der Waals surface area contributed by atoms with Gasteiger partial charge in [-0.3, -0.25) is 4.79 Å². The van der Waals surface area contributed by atoms with Crippen molar-refractivity contribution in [2.75, 3.05) is 26.4 Å². The van der Waals surface area contributed by atoms with E-state index in [1.165, 1.54) is 6.08 Å². The summed E-state index contributed by atoms with van der Waals surface area (Å²) < 4.78 is 10.1. The Morgan fingerprint density at radius 3 is 1.84 bits per heavy atom. The predicted octanol–water partition coefficient (Wildman–Crippen LogP) is 5.74. The normalized spacial score (nSPS) is 11.8. The van der Waals surface area contributed by atoms with Gasteiger partial charge in [-0.1, -0.05) is 13.8 Å². The number of aromatic amines is 3. The van der Waals surface area contributed by atoms with E-state index in [9.17, 15) is 25.1 Å². The molecule has 0 atom stereocenters. The third kappa shape index (κ3) is 9.20. The van der Waals surface area contributed by atoms with E-state index in [1.807, 2.05) is 19.9 Å². The van der Waals surface area contributed by atoms with Gasteiger partial charge in [-0.2, -0.15) is 5.26 Å². The highest BCUT2D eigenvalue weighted by atomic mass is 16.5. The van der Waals surface area contributed by atoms with E-state index in [1.54, 1.807) is 19.9 Å². The van der Waals surface area contributed by atoms with E-state index < -0.39 is 11.9 Å². The van der Waals surface area contributed by atoms with Crippen LogP contribution in [0, 0.1) is 31.8 Å². The van der Waals surface area contributed by atoms with Gasteiger partial charge in [-0.15, -0.1) is 0 Å². The Kier molecular flexibility index (Phi) is 14.7. The van der Waals surface area contributed by atoms with E-state index in [-0.39, 0.29) is 37.7 Å². The number of aliphatic hydroxyl groups is 2. The predicted molar refractivity (Wildman–Crippen MR) is 188 cm³/mol. The Balaban J connectivity index is 2.12. The van der Waals surface area contributed by atoms with Gasteiger partial charge in [-0.05, 0) is 112 Å². The van der Waals surface area contributed by atoms with Crippen molar-refractivity contribution in [3.05, 3.63) is 90.2 Å². The number of esters is 2. The third-order valence-corrected chi connectivity index (χ3v) is 8.79. The second-order valence-corrected chi connectivity index (χ2v) is 11.7. The summed E-state index contributed by atoms with van der Waals surface area (Å²) in [5.41, 5.74) is 11.4. The standard InChI is InChI=1S/C38H49N5O6/c1-8-26-27(9-2)33(43-32(26)18-25(22-39)37(46)48-10-3)21-35-29(15-13-17-45)23(5)30(41-35)19-34-28(14-12-16-44)24(6)31(42-34)20-36(40-7)38(47)49-11-4/h18,20,41-45H,8-17,19,21H2,1-6H3/b25-18+,36-20-. The minimum absolute atomic E-state index is 0.0326. The molecule has 0 saturated heterocycles. The van der Waals surface area contributed by atoms with Crippen LogP contribution in [-0.2, 0) is 57.6 Å². The van der Waals surface area contributed by atoms with Gasteiger partial charge in [-0.25, -0.2) is 9.64 Å². The molecule has 0 aliphatic rings. The first kappa shape index (κ1) is 38.6. The average molecular weight is 672 g/mol. The highest BCUT2D eigenvalue weighted by molar-refractivity contribution is 5.98. The number of nitrogens with zero attached hydrogens (tertiary/aromatic N) is 2. The van der Waals surface area contributed by atoms with Crippen LogP contribution in [0.15, 0.2) is 11.3 Å². The van der Waals surface area contributed by atoms with Crippen LogP contribution in [0.2, 0.25) is 0 Å². The Bertz CT molecular complexity index is 1770. The van der Waals surface area contributed by atoms with Crippen molar-refractivity contribution in [1.82, 2.24) is 15.0 Å². The zero-order valence-electron chi connectivity index (χ0n) is 29.6. The Labute approximate surface area is 288 Å². The zero-order chi connectivity index (χ0) is 36.1. The third-order valence-electron chi connectivity index (χ3n) is 8.79. The van der Waals surface area contributed by atoms with Crippen LogP contribution in [-0.4, -0.2) is 63.5 Å². The number of aromatic nitrogens is 3. The molecule has 0 spiro atoms. The van der Waals surface area contributed by atoms with Crippen molar-refractivity contribution in [3.63, 3.8) is 0 Å². The lowest BCUT2D eigenvalue weighted by Gasteiger charge is -2.07. The first-order chi connectivity index (χ1) is 23.6. The van der Waals surface area contributed by atoms with E-state index in [4.69, 9.17) is 16.0 Å². The van der Waals surface area contributed by atoms with Crippen molar-refractivity contribution in [2.45, 2.75) is 92.9 Å². The molecule has 0 aliphatic carbocycles. The van der Waals surface area contributed by atoms with Crippen molar-refractivity contribution in [2.24, 2.45) is 0 Å². The number of ether oxygens (including phenoxy) is 2. The number of rotatable bonds is 18. The second kappa shape index (κ2) is 18.6. The number of hydrogen-bond acceptors (Lipinski definition) is 7. The topological polar surface area (TPSA) is 169 Å². The molecule has 0 bridgehead atoms. The fraction of sp³-hybridized carbons (Fsp3) is 0.474. The maximum atomic E-state index is 12.4.